The average Bonchev–Trinajstić information content (AvgIpc) is 2.58. The van der Waals surface area contributed by atoms with Crippen LogP contribution in [-0.4, -0.2) is 40.8 Å². The fraction of sp³-hybridized carbons (Fsp3) is 0.353. The number of nitro benzene ring substituents is 1. The minimum Gasteiger partial charge on any atom is -0.481 e. The van der Waals surface area contributed by atoms with Crippen LogP contribution in [0.5, 0.6) is 0 Å². The van der Waals surface area contributed by atoms with Crippen molar-refractivity contribution in [2.75, 3.05) is 13.2 Å². The van der Waals surface area contributed by atoms with E-state index in [4.69, 9.17) is 10.5 Å². The number of aliphatic carboxylic acids is 1. The van der Waals surface area contributed by atoms with Gasteiger partial charge in [-0.05, 0) is 19.4 Å². The van der Waals surface area contributed by atoms with E-state index in [0.29, 0.717) is 17.0 Å². The molecule has 9 heteroatoms. The van der Waals surface area contributed by atoms with E-state index in [-0.39, 0.29) is 24.4 Å². The molecule has 0 radical (unpaired) electrons. The van der Waals surface area contributed by atoms with Crippen molar-refractivity contribution in [2.24, 2.45) is 16.6 Å². The van der Waals surface area contributed by atoms with Crippen molar-refractivity contribution >= 4 is 23.3 Å². The lowest BCUT2D eigenvalue weighted by Crippen LogP contribution is -2.35. The molecule has 0 aliphatic carbocycles. The maximum Gasteiger partial charge on any atom is 0.336 e. The third-order valence-corrected chi connectivity index (χ3v) is 4.11. The molecule has 9 nitrogen and oxygen atoms in total. The number of hydrogen-bond acceptors (Lipinski definition) is 7. The topological polar surface area (TPSA) is 145 Å². The lowest BCUT2D eigenvalue weighted by molar-refractivity contribution is -0.384. The van der Waals surface area contributed by atoms with E-state index >= 15 is 0 Å². The maximum atomic E-state index is 12.5. The third-order valence-electron chi connectivity index (χ3n) is 4.11. The lowest BCUT2D eigenvalue weighted by atomic mass is 9.75. The lowest BCUT2D eigenvalue weighted by Gasteiger charge is -2.30. The summed E-state index contributed by atoms with van der Waals surface area (Å²) >= 11 is 0. The predicted molar refractivity (Wildman–Crippen MR) is 92.8 cm³/mol. The Labute approximate surface area is 149 Å². The number of non-ortho nitro benzene ring substituents is 1. The van der Waals surface area contributed by atoms with Crippen LogP contribution < -0.4 is 5.73 Å². The summed E-state index contributed by atoms with van der Waals surface area (Å²) in [4.78, 5) is 39.0. The number of carbonyl (C=O) groups excluding carboxylic acids is 1. The Morgan fingerprint density at radius 1 is 1.38 bits per heavy atom. The molecular formula is C17H19N3O6. The molecule has 1 aliphatic rings. The van der Waals surface area contributed by atoms with Crippen LogP contribution in [0.15, 0.2) is 40.5 Å². The Morgan fingerprint density at radius 3 is 2.65 bits per heavy atom. The van der Waals surface area contributed by atoms with E-state index in [2.05, 4.69) is 4.99 Å². The second-order valence-corrected chi connectivity index (χ2v) is 5.82. The van der Waals surface area contributed by atoms with Gasteiger partial charge in [-0.2, -0.15) is 0 Å². The van der Waals surface area contributed by atoms with E-state index in [0.717, 1.165) is 0 Å². The van der Waals surface area contributed by atoms with Crippen LogP contribution in [0, 0.1) is 16.0 Å². The first-order valence-corrected chi connectivity index (χ1v) is 7.88. The third kappa shape index (κ3) is 3.77. The van der Waals surface area contributed by atoms with Crippen LogP contribution in [0.4, 0.5) is 5.69 Å². The van der Waals surface area contributed by atoms with Crippen molar-refractivity contribution in [3.05, 3.63) is 51.2 Å². The van der Waals surface area contributed by atoms with Gasteiger partial charge < -0.3 is 15.6 Å². The molecule has 0 amide bonds. The first-order valence-electron chi connectivity index (χ1n) is 7.88. The van der Waals surface area contributed by atoms with Crippen LogP contribution in [0.25, 0.3) is 0 Å². The molecule has 2 rings (SSSR count). The molecule has 1 aromatic carbocycles. The van der Waals surface area contributed by atoms with Crippen molar-refractivity contribution in [1.82, 2.24) is 0 Å². The first kappa shape index (κ1) is 19.3. The minimum atomic E-state index is -1.18. The fourth-order valence-electron chi connectivity index (χ4n) is 3.04. The highest BCUT2D eigenvalue weighted by molar-refractivity contribution is 6.06. The summed E-state index contributed by atoms with van der Waals surface area (Å²) in [6, 6.07) is 5.57. The Morgan fingerprint density at radius 2 is 2.08 bits per heavy atom. The van der Waals surface area contributed by atoms with Gasteiger partial charge >= 0.3 is 11.9 Å². The fourth-order valence-corrected chi connectivity index (χ4v) is 3.04. The number of carbonyl (C=O) groups is 2. The van der Waals surface area contributed by atoms with Crippen LogP contribution in [0.2, 0.25) is 0 Å². The summed E-state index contributed by atoms with van der Waals surface area (Å²) in [7, 11) is 0. The zero-order valence-electron chi connectivity index (χ0n) is 14.3. The van der Waals surface area contributed by atoms with E-state index in [1.165, 1.54) is 18.2 Å². The molecule has 1 aromatic rings. The quantitative estimate of drug-likeness (QED) is 0.445. The molecule has 3 N–H and O–H groups in total. The Hall–Kier alpha value is -3.07. The Kier molecular flexibility index (Phi) is 5.83. The number of ether oxygens (including phenoxy) is 1. The molecule has 26 heavy (non-hydrogen) atoms. The van der Waals surface area contributed by atoms with Gasteiger partial charge in [0, 0.05) is 36.0 Å². The predicted octanol–water partition coefficient (Wildman–Crippen LogP) is 1.63. The zero-order valence-corrected chi connectivity index (χ0v) is 14.3. The number of allylic oxidation sites excluding steroid dienone is 1. The number of nitrogens with zero attached hydrogens (tertiary/aromatic N) is 2. The number of esters is 1. The molecule has 1 aliphatic heterocycles. The Bertz CT molecular complexity index is 814. The molecule has 138 valence electrons. The number of aliphatic imine (C=N–C) groups is 1. The Balaban J connectivity index is 2.63. The van der Waals surface area contributed by atoms with Gasteiger partial charge in [-0.15, -0.1) is 0 Å². The largest absolute Gasteiger partial charge is 0.481 e. The maximum absolute atomic E-state index is 12.5. The van der Waals surface area contributed by atoms with Gasteiger partial charge in [0.25, 0.3) is 5.69 Å². The van der Waals surface area contributed by atoms with E-state index in [9.17, 15) is 24.8 Å². The van der Waals surface area contributed by atoms with E-state index in [1.54, 1.807) is 19.9 Å². The molecule has 2 atom stereocenters. The SMILES string of the molecule is CC1=NC(C)=C(C(=O)OCCN)[C@H](c2cccc([N+](=O)[O-])c2)C1C(=O)O. The smallest absolute Gasteiger partial charge is 0.336 e. The summed E-state index contributed by atoms with van der Waals surface area (Å²) in [6.45, 7) is 3.21. The van der Waals surface area contributed by atoms with Crippen molar-refractivity contribution in [3.63, 3.8) is 0 Å². The number of rotatable bonds is 6. The van der Waals surface area contributed by atoms with Gasteiger partial charge in [0.2, 0.25) is 0 Å². The highest BCUT2D eigenvalue weighted by Crippen LogP contribution is 2.40. The van der Waals surface area contributed by atoms with Gasteiger partial charge in [-0.1, -0.05) is 12.1 Å². The molecule has 1 heterocycles. The van der Waals surface area contributed by atoms with Crippen LogP contribution in [0.3, 0.4) is 0 Å². The van der Waals surface area contributed by atoms with Gasteiger partial charge in [-0.25, -0.2) is 4.79 Å². The summed E-state index contributed by atoms with van der Waals surface area (Å²) in [5.74, 6) is -4.00. The number of carboxylic acid groups (broad SMARTS) is 1. The molecule has 0 saturated heterocycles. The van der Waals surface area contributed by atoms with Crippen LogP contribution in [0.1, 0.15) is 25.3 Å². The molecule has 0 fully saturated rings. The number of nitro groups is 1. The van der Waals surface area contributed by atoms with Gasteiger partial charge in [0.15, 0.2) is 0 Å². The summed E-state index contributed by atoms with van der Waals surface area (Å²) in [6.07, 6.45) is 0. The molecule has 0 spiro atoms. The van der Waals surface area contributed by atoms with Gasteiger partial charge in [-0.3, -0.25) is 19.9 Å². The number of carboxylic acids is 1. The molecule has 0 bridgehead atoms. The number of nitrogens with two attached hydrogens (primary N) is 1. The molecule has 0 saturated carbocycles. The monoisotopic (exact) mass is 361 g/mol. The first-order chi connectivity index (χ1) is 12.3. The number of hydrogen-bond donors (Lipinski definition) is 2. The van der Waals surface area contributed by atoms with Crippen molar-refractivity contribution in [2.45, 2.75) is 19.8 Å². The normalized spacial score (nSPS) is 19.7. The highest BCUT2D eigenvalue weighted by atomic mass is 16.6. The summed E-state index contributed by atoms with van der Waals surface area (Å²) < 4.78 is 5.08. The standard InChI is InChI=1S/C17H19N3O6/c1-9-13(16(21)22)15(11-4-3-5-12(8-11)20(24)25)14(10(2)19-9)17(23)26-7-6-18/h3-5,8,13,15H,6-7,18H2,1-2H3,(H,21,22)/t13?,15-/m1/s1. The highest BCUT2D eigenvalue weighted by Gasteiger charge is 2.41. The van der Waals surface area contributed by atoms with Gasteiger partial charge in [0.05, 0.1) is 10.5 Å². The van der Waals surface area contributed by atoms with Gasteiger partial charge in [0.1, 0.15) is 12.5 Å². The van der Waals surface area contributed by atoms with Crippen molar-refractivity contribution in [3.8, 4) is 0 Å². The average molecular weight is 361 g/mol. The summed E-state index contributed by atoms with van der Waals surface area (Å²) in [5, 5.41) is 20.8. The summed E-state index contributed by atoms with van der Waals surface area (Å²) in [5.41, 5.74) is 6.18. The second-order valence-electron chi connectivity index (χ2n) is 5.82. The zero-order chi connectivity index (χ0) is 19.4. The minimum absolute atomic E-state index is 0.0301. The number of benzene rings is 1. The second kappa shape index (κ2) is 7.87. The van der Waals surface area contributed by atoms with Crippen molar-refractivity contribution < 1.29 is 24.4 Å². The van der Waals surface area contributed by atoms with Crippen LogP contribution in [-0.2, 0) is 14.3 Å². The molecule has 1 unspecified atom stereocenters. The van der Waals surface area contributed by atoms with E-state index < -0.39 is 28.7 Å². The molecular weight excluding hydrogens is 342 g/mol. The molecule has 0 aromatic heterocycles. The van der Waals surface area contributed by atoms with Crippen LogP contribution >= 0.6 is 0 Å². The van der Waals surface area contributed by atoms with E-state index in [1.807, 2.05) is 0 Å². The van der Waals surface area contributed by atoms with Crippen molar-refractivity contribution in [1.29, 1.82) is 0 Å².